The third-order valence-corrected chi connectivity index (χ3v) is 4.85. The van der Waals surface area contributed by atoms with Crippen LogP contribution in [0.5, 0.6) is 0 Å². The highest BCUT2D eigenvalue weighted by atomic mass is 16.3. The Labute approximate surface area is 130 Å². The van der Waals surface area contributed by atoms with Crippen molar-refractivity contribution < 1.29 is 14.3 Å². The third kappa shape index (κ3) is 2.75. The Bertz CT molecular complexity index is 714. The fraction of sp³-hybridized carbons (Fsp3) is 0.500. The molecule has 1 saturated carbocycles. The van der Waals surface area contributed by atoms with Crippen LogP contribution < -0.4 is 5.32 Å². The van der Waals surface area contributed by atoms with Crippen LogP contribution in [0.15, 0.2) is 22.8 Å². The van der Waals surface area contributed by atoms with E-state index in [1.165, 1.54) is 11.1 Å². The van der Waals surface area contributed by atoms with E-state index in [2.05, 4.69) is 18.3 Å². The highest BCUT2D eigenvalue weighted by molar-refractivity contribution is 5.88. The Balaban J connectivity index is 1.78. The lowest BCUT2D eigenvalue weighted by atomic mass is 9.96. The molecule has 1 fully saturated rings. The second-order valence-corrected chi connectivity index (χ2v) is 6.77. The number of amides is 1. The predicted octanol–water partition coefficient (Wildman–Crippen LogP) is 2.87. The van der Waals surface area contributed by atoms with Crippen molar-refractivity contribution in [2.45, 2.75) is 45.6 Å². The molecule has 1 aromatic heterocycles. The van der Waals surface area contributed by atoms with Gasteiger partial charge in [0.15, 0.2) is 0 Å². The number of hydrogen-bond acceptors (Lipinski definition) is 3. The molecule has 2 aromatic rings. The molecule has 4 heteroatoms. The molecule has 1 aliphatic carbocycles. The molecule has 1 aromatic carbocycles. The summed E-state index contributed by atoms with van der Waals surface area (Å²) in [6, 6.07) is 4.08. The van der Waals surface area contributed by atoms with Gasteiger partial charge in [-0.1, -0.05) is 0 Å². The fourth-order valence-corrected chi connectivity index (χ4v) is 3.00. The van der Waals surface area contributed by atoms with E-state index in [1.807, 2.05) is 19.9 Å². The van der Waals surface area contributed by atoms with Crippen molar-refractivity contribution in [1.29, 1.82) is 0 Å². The number of aryl methyl sites for hydroxylation is 2. The molecule has 0 saturated heterocycles. The Morgan fingerprint density at radius 2 is 2.05 bits per heavy atom. The molecule has 2 N–H and O–H groups in total. The third-order valence-electron chi connectivity index (χ3n) is 4.85. The molecule has 4 nitrogen and oxygen atoms in total. The smallest absolute Gasteiger partial charge is 0.225 e. The van der Waals surface area contributed by atoms with Crippen LogP contribution >= 0.6 is 0 Å². The van der Waals surface area contributed by atoms with Crippen molar-refractivity contribution in [1.82, 2.24) is 5.32 Å². The van der Waals surface area contributed by atoms with Crippen LogP contribution in [0.1, 0.15) is 36.5 Å². The van der Waals surface area contributed by atoms with Crippen LogP contribution in [0.25, 0.3) is 11.0 Å². The number of furan rings is 1. The lowest BCUT2D eigenvalue weighted by Crippen LogP contribution is -2.51. The van der Waals surface area contributed by atoms with Crippen molar-refractivity contribution >= 4 is 16.9 Å². The van der Waals surface area contributed by atoms with Crippen LogP contribution in [0.2, 0.25) is 0 Å². The Morgan fingerprint density at radius 3 is 2.68 bits per heavy atom. The van der Waals surface area contributed by atoms with Gasteiger partial charge in [0.1, 0.15) is 5.58 Å². The molecule has 1 aliphatic rings. The maximum Gasteiger partial charge on any atom is 0.225 e. The van der Waals surface area contributed by atoms with Crippen LogP contribution in [0.4, 0.5) is 0 Å². The molecule has 1 unspecified atom stereocenters. The van der Waals surface area contributed by atoms with Crippen molar-refractivity contribution in [2.24, 2.45) is 5.92 Å². The van der Waals surface area contributed by atoms with Gasteiger partial charge in [0.05, 0.1) is 24.8 Å². The van der Waals surface area contributed by atoms with Gasteiger partial charge in [-0.3, -0.25) is 4.79 Å². The highest BCUT2D eigenvalue weighted by Gasteiger charge is 2.42. The topological polar surface area (TPSA) is 62.5 Å². The number of carbonyl (C=O) groups is 1. The Morgan fingerprint density at radius 1 is 1.36 bits per heavy atom. The minimum atomic E-state index is -0.497. The van der Waals surface area contributed by atoms with Crippen LogP contribution in [0, 0.1) is 19.8 Å². The summed E-state index contributed by atoms with van der Waals surface area (Å²) < 4.78 is 5.57. The van der Waals surface area contributed by atoms with E-state index in [0.717, 1.165) is 29.4 Å². The van der Waals surface area contributed by atoms with E-state index < -0.39 is 5.54 Å². The number of aliphatic hydroxyl groups excluding tert-OH is 1. The second kappa shape index (κ2) is 5.43. The molecule has 1 atom stereocenters. The van der Waals surface area contributed by atoms with Crippen LogP contribution in [0.3, 0.4) is 0 Å². The molecule has 0 bridgehead atoms. The van der Waals surface area contributed by atoms with Gasteiger partial charge in [0.2, 0.25) is 5.91 Å². The number of carbonyl (C=O) groups excluding carboxylic acids is 1. The van der Waals surface area contributed by atoms with Gasteiger partial charge in [0, 0.05) is 10.9 Å². The zero-order valence-corrected chi connectivity index (χ0v) is 13.4. The molecule has 1 amide bonds. The monoisotopic (exact) mass is 301 g/mol. The van der Waals surface area contributed by atoms with Crippen molar-refractivity contribution in [3.63, 3.8) is 0 Å². The lowest BCUT2D eigenvalue weighted by molar-refractivity contribution is -0.123. The quantitative estimate of drug-likeness (QED) is 0.892. The van der Waals surface area contributed by atoms with E-state index in [1.54, 1.807) is 6.26 Å². The SMILES string of the molecule is Cc1cc2occ(CC(=O)NC(C)(CO)C3CC3)c2cc1C. The summed E-state index contributed by atoms with van der Waals surface area (Å²) in [5.41, 5.74) is 3.58. The van der Waals surface area contributed by atoms with Crippen LogP contribution in [-0.4, -0.2) is 23.2 Å². The van der Waals surface area contributed by atoms with E-state index in [9.17, 15) is 9.90 Å². The van der Waals surface area contributed by atoms with E-state index in [4.69, 9.17) is 4.42 Å². The zero-order valence-electron chi connectivity index (χ0n) is 13.4. The largest absolute Gasteiger partial charge is 0.464 e. The first-order valence-electron chi connectivity index (χ1n) is 7.82. The maximum absolute atomic E-state index is 12.3. The van der Waals surface area contributed by atoms with Crippen LogP contribution in [-0.2, 0) is 11.2 Å². The molecular formula is C18H23NO3. The summed E-state index contributed by atoms with van der Waals surface area (Å²) in [6.07, 6.45) is 4.09. The first-order valence-corrected chi connectivity index (χ1v) is 7.82. The number of benzene rings is 1. The Hall–Kier alpha value is -1.81. The van der Waals surface area contributed by atoms with Gasteiger partial charge in [-0.25, -0.2) is 0 Å². The van der Waals surface area contributed by atoms with E-state index in [-0.39, 0.29) is 18.9 Å². The Kier molecular flexibility index (Phi) is 3.73. The minimum absolute atomic E-state index is 0.0200. The van der Waals surface area contributed by atoms with Crippen molar-refractivity contribution in [3.05, 3.63) is 35.1 Å². The zero-order chi connectivity index (χ0) is 15.9. The normalized spacial score (nSPS) is 17.5. The molecule has 1 heterocycles. The molecular weight excluding hydrogens is 278 g/mol. The lowest BCUT2D eigenvalue weighted by Gasteiger charge is -2.28. The van der Waals surface area contributed by atoms with Gasteiger partial charge in [-0.2, -0.15) is 0 Å². The van der Waals surface area contributed by atoms with Gasteiger partial charge in [-0.05, 0) is 62.8 Å². The van der Waals surface area contributed by atoms with Gasteiger partial charge >= 0.3 is 0 Å². The summed E-state index contributed by atoms with van der Waals surface area (Å²) >= 11 is 0. The number of fused-ring (bicyclic) bond motifs is 1. The molecule has 0 spiro atoms. The molecule has 118 valence electrons. The number of rotatable bonds is 5. The number of aliphatic hydroxyl groups is 1. The number of nitrogens with one attached hydrogen (secondary N) is 1. The first-order chi connectivity index (χ1) is 10.4. The molecule has 22 heavy (non-hydrogen) atoms. The average molecular weight is 301 g/mol. The summed E-state index contributed by atoms with van der Waals surface area (Å²) in [7, 11) is 0. The van der Waals surface area contributed by atoms with Gasteiger partial charge in [0.25, 0.3) is 0 Å². The van der Waals surface area contributed by atoms with E-state index >= 15 is 0 Å². The predicted molar refractivity (Wildman–Crippen MR) is 85.7 cm³/mol. The maximum atomic E-state index is 12.3. The van der Waals surface area contributed by atoms with Crippen molar-refractivity contribution in [2.75, 3.05) is 6.61 Å². The molecule has 0 aliphatic heterocycles. The van der Waals surface area contributed by atoms with Gasteiger partial charge in [-0.15, -0.1) is 0 Å². The highest BCUT2D eigenvalue weighted by Crippen LogP contribution is 2.39. The van der Waals surface area contributed by atoms with Gasteiger partial charge < -0.3 is 14.8 Å². The average Bonchev–Trinajstić information content (AvgIpc) is 3.26. The summed E-state index contributed by atoms with van der Waals surface area (Å²) in [5, 5.41) is 13.6. The minimum Gasteiger partial charge on any atom is -0.464 e. The second-order valence-electron chi connectivity index (χ2n) is 6.77. The first kappa shape index (κ1) is 15.1. The van der Waals surface area contributed by atoms with E-state index in [0.29, 0.717) is 5.92 Å². The fourth-order valence-electron chi connectivity index (χ4n) is 3.00. The summed E-state index contributed by atoms with van der Waals surface area (Å²) in [5.74, 6) is 0.330. The standard InChI is InChI=1S/C18H23NO3/c1-11-6-15-13(9-22-16(15)7-12(11)2)8-17(21)19-18(3,10-20)14-4-5-14/h6-7,9,14,20H,4-5,8,10H2,1-3H3,(H,19,21). The number of hydrogen-bond donors (Lipinski definition) is 2. The van der Waals surface area contributed by atoms with Crippen molar-refractivity contribution in [3.8, 4) is 0 Å². The summed E-state index contributed by atoms with van der Waals surface area (Å²) in [6.45, 7) is 6.00. The molecule has 3 rings (SSSR count). The molecule has 0 radical (unpaired) electrons. The summed E-state index contributed by atoms with van der Waals surface area (Å²) in [4.78, 5) is 12.3.